The molecule has 5 nitrogen and oxygen atoms in total. The number of furan rings is 1. The van der Waals surface area contributed by atoms with E-state index in [9.17, 15) is 4.79 Å². The number of nitrogens with one attached hydrogen (secondary N) is 1. The minimum Gasteiger partial charge on any atom is -0.467 e. The van der Waals surface area contributed by atoms with Crippen molar-refractivity contribution in [1.82, 2.24) is 9.47 Å². The van der Waals surface area contributed by atoms with Gasteiger partial charge in [0.2, 0.25) is 0 Å². The molecule has 0 saturated carbocycles. The van der Waals surface area contributed by atoms with Crippen molar-refractivity contribution in [2.75, 3.05) is 20.1 Å². The average Bonchev–Trinajstić information content (AvgIpc) is 3.33. The van der Waals surface area contributed by atoms with Gasteiger partial charge in [-0.25, -0.2) is 0 Å². The van der Waals surface area contributed by atoms with Gasteiger partial charge in [0.05, 0.1) is 43.2 Å². The molecule has 0 bridgehead atoms. The van der Waals surface area contributed by atoms with E-state index < -0.39 is 0 Å². The number of piperidine rings is 1. The molecule has 3 aromatic heterocycles. The molecule has 6 heteroatoms. The van der Waals surface area contributed by atoms with E-state index >= 15 is 0 Å². The van der Waals surface area contributed by atoms with Gasteiger partial charge in [-0.2, -0.15) is 0 Å². The highest BCUT2D eigenvalue weighted by Crippen LogP contribution is 2.26. The van der Waals surface area contributed by atoms with E-state index in [0.29, 0.717) is 6.54 Å². The summed E-state index contributed by atoms with van der Waals surface area (Å²) in [7, 11) is 4.20. The molecule has 0 aromatic carbocycles. The van der Waals surface area contributed by atoms with Gasteiger partial charge in [-0.05, 0) is 29.6 Å². The number of carbonyl (C=O) groups is 1. The van der Waals surface area contributed by atoms with E-state index in [1.54, 1.807) is 22.5 Å². The summed E-state index contributed by atoms with van der Waals surface area (Å²) in [6.07, 6.45) is 3.75. The fourth-order valence-electron chi connectivity index (χ4n) is 3.75. The van der Waals surface area contributed by atoms with Crippen LogP contribution in [-0.4, -0.2) is 41.6 Å². The summed E-state index contributed by atoms with van der Waals surface area (Å²) in [5, 5.41) is 2.07. The highest BCUT2D eigenvalue weighted by molar-refractivity contribution is 7.17. The normalized spacial score (nSPS) is 20.9. The van der Waals surface area contributed by atoms with Gasteiger partial charge < -0.3 is 18.8 Å². The largest absolute Gasteiger partial charge is 0.467 e. The lowest BCUT2D eigenvalue weighted by Gasteiger charge is -2.35. The average molecular weight is 358 g/mol. The van der Waals surface area contributed by atoms with Gasteiger partial charge in [0, 0.05) is 25.9 Å². The third-order valence-corrected chi connectivity index (χ3v) is 6.15. The van der Waals surface area contributed by atoms with E-state index in [2.05, 4.69) is 18.5 Å². The summed E-state index contributed by atoms with van der Waals surface area (Å²) < 4.78 is 8.71. The third kappa shape index (κ3) is 3.12. The summed E-state index contributed by atoms with van der Waals surface area (Å²) in [5.41, 5.74) is 1.89. The van der Waals surface area contributed by atoms with Crippen LogP contribution in [0.4, 0.5) is 0 Å². The van der Waals surface area contributed by atoms with Crippen LogP contribution in [0.5, 0.6) is 0 Å². The topological polar surface area (TPSA) is 42.8 Å². The third-order valence-electron chi connectivity index (χ3n) is 5.30. The molecule has 4 heterocycles. The minimum absolute atomic E-state index is 0.104. The maximum Gasteiger partial charge on any atom is 0.271 e. The lowest BCUT2D eigenvalue weighted by molar-refractivity contribution is -0.885. The first kappa shape index (κ1) is 16.4. The van der Waals surface area contributed by atoms with Crippen LogP contribution in [-0.2, 0) is 13.6 Å². The maximum absolute atomic E-state index is 13.4. The Labute approximate surface area is 151 Å². The van der Waals surface area contributed by atoms with Gasteiger partial charge in [-0.3, -0.25) is 4.79 Å². The van der Waals surface area contributed by atoms with Crippen molar-refractivity contribution in [3.63, 3.8) is 0 Å². The van der Waals surface area contributed by atoms with Crippen molar-refractivity contribution in [2.24, 2.45) is 7.05 Å². The van der Waals surface area contributed by atoms with Crippen LogP contribution in [0.1, 0.15) is 29.1 Å². The second kappa shape index (κ2) is 6.69. The van der Waals surface area contributed by atoms with Gasteiger partial charge >= 0.3 is 0 Å². The second-order valence-electron chi connectivity index (χ2n) is 6.96. The summed E-state index contributed by atoms with van der Waals surface area (Å²) in [4.78, 5) is 17.0. The highest BCUT2D eigenvalue weighted by Gasteiger charge is 2.31. The Morgan fingerprint density at radius 1 is 1.40 bits per heavy atom. The first-order valence-electron chi connectivity index (χ1n) is 8.81. The van der Waals surface area contributed by atoms with Crippen molar-refractivity contribution in [2.45, 2.75) is 25.4 Å². The minimum atomic E-state index is 0.104. The van der Waals surface area contributed by atoms with Crippen LogP contribution in [0.3, 0.4) is 0 Å². The summed E-state index contributed by atoms with van der Waals surface area (Å²) in [5.74, 6) is 0.947. The van der Waals surface area contributed by atoms with Gasteiger partial charge in [-0.15, -0.1) is 11.3 Å². The molecular formula is C19H24N3O2S+. The van der Waals surface area contributed by atoms with Crippen LogP contribution in [0, 0.1) is 0 Å². The Bertz CT molecular complexity index is 857. The van der Waals surface area contributed by atoms with Crippen molar-refractivity contribution in [3.8, 4) is 0 Å². The molecule has 0 aliphatic carbocycles. The van der Waals surface area contributed by atoms with Crippen molar-refractivity contribution >= 4 is 27.5 Å². The van der Waals surface area contributed by atoms with Crippen LogP contribution in [0.15, 0.2) is 40.3 Å². The quantitative estimate of drug-likeness (QED) is 0.777. The number of nitrogens with zero attached hydrogens (tertiary/aromatic N) is 2. The monoisotopic (exact) mass is 358 g/mol. The van der Waals surface area contributed by atoms with Gasteiger partial charge in [-0.1, -0.05) is 0 Å². The number of carbonyl (C=O) groups excluding carboxylic acids is 1. The number of fused-ring (bicyclic) bond motifs is 1. The standard InChI is InChI=1S/C19H23N3O2S/c1-20-8-5-14(6-9-20)22(13-15-4-3-10-24-15)19(23)17-12-18-16(21(17)2)7-11-25-18/h3-4,7,10-12,14H,5-6,8-9,13H2,1-2H3/p+1. The number of amides is 1. The summed E-state index contributed by atoms with van der Waals surface area (Å²) >= 11 is 1.68. The van der Waals surface area contributed by atoms with E-state index in [1.165, 1.54) is 0 Å². The number of aromatic nitrogens is 1. The number of quaternary nitrogens is 1. The summed E-state index contributed by atoms with van der Waals surface area (Å²) in [6.45, 7) is 2.75. The Balaban J connectivity index is 1.65. The maximum atomic E-state index is 13.4. The van der Waals surface area contributed by atoms with Gasteiger partial charge in [0.25, 0.3) is 5.91 Å². The fourth-order valence-corrected chi connectivity index (χ4v) is 4.60. The molecular weight excluding hydrogens is 334 g/mol. The number of aryl methyl sites for hydroxylation is 1. The van der Waals surface area contributed by atoms with Crippen molar-refractivity contribution < 1.29 is 14.1 Å². The fraction of sp³-hybridized carbons (Fsp3) is 0.421. The number of thiophene rings is 1. The predicted octanol–water partition coefficient (Wildman–Crippen LogP) is 2.15. The SMILES string of the molecule is Cn1c(C(=O)N(Cc2ccco2)C2CC[NH+](C)CC2)cc2sccc21. The molecule has 4 rings (SSSR count). The lowest BCUT2D eigenvalue weighted by atomic mass is 10.0. The van der Waals surface area contributed by atoms with E-state index in [1.807, 2.05) is 34.7 Å². The van der Waals surface area contributed by atoms with Crippen molar-refractivity contribution in [3.05, 3.63) is 47.4 Å². The van der Waals surface area contributed by atoms with Crippen LogP contribution in [0.25, 0.3) is 10.2 Å². The Morgan fingerprint density at radius 2 is 2.20 bits per heavy atom. The zero-order chi connectivity index (χ0) is 17.4. The Kier molecular flexibility index (Phi) is 4.39. The van der Waals surface area contributed by atoms with E-state index in [4.69, 9.17) is 4.42 Å². The molecule has 1 fully saturated rings. The molecule has 1 saturated heterocycles. The number of rotatable bonds is 4. The molecule has 1 amide bonds. The van der Waals surface area contributed by atoms with Crippen molar-refractivity contribution in [1.29, 1.82) is 0 Å². The molecule has 0 spiro atoms. The first-order chi connectivity index (χ1) is 12.1. The number of hydrogen-bond donors (Lipinski definition) is 1. The number of likely N-dealkylation sites (tertiary alicyclic amines) is 1. The molecule has 1 N–H and O–H groups in total. The lowest BCUT2D eigenvalue weighted by Crippen LogP contribution is -3.10. The Morgan fingerprint density at radius 3 is 2.88 bits per heavy atom. The molecule has 0 unspecified atom stereocenters. The molecule has 0 atom stereocenters. The van der Waals surface area contributed by atoms with Gasteiger partial charge in [0.1, 0.15) is 11.5 Å². The molecule has 1 aliphatic rings. The highest BCUT2D eigenvalue weighted by atomic mass is 32.1. The molecule has 3 aromatic rings. The van der Waals surface area contributed by atoms with Crippen LogP contribution >= 0.6 is 11.3 Å². The zero-order valence-electron chi connectivity index (χ0n) is 14.7. The Hall–Kier alpha value is -2.05. The van der Waals surface area contributed by atoms with Crippen LogP contribution in [0.2, 0.25) is 0 Å². The predicted molar refractivity (Wildman–Crippen MR) is 99.0 cm³/mol. The smallest absolute Gasteiger partial charge is 0.271 e. The summed E-state index contributed by atoms with van der Waals surface area (Å²) in [6, 6.07) is 8.21. The molecule has 0 radical (unpaired) electrons. The second-order valence-corrected chi connectivity index (χ2v) is 7.91. The van der Waals surface area contributed by atoms with E-state index in [0.717, 1.165) is 47.6 Å². The first-order valence-corrected chi connectivity index (χ1v) is 9.69. The van der Waals surface area contributed by atoms with E-state index in [-0.39, 0.29) is 11.9 Å². The molecule has 1 aliphatic heterocycles. The number of hydrogen-bond acceptors (Lipinski definition) is 3. The van der Waals surface area contributed by atoms with Crippen LogP contribution < -0.4 is 4.90 Å². The zero-order valence-corrected chi connectivity index (χ0v) is 15.5. The van der Waals surface area contributed by atoms with Gasteiger partial charge in [0.15, 0.2) is 0 Å². The molecule has 132 valence electrons. The molecule has 25 heavy (non-hydrogen) atoms.